The first-order chi connectivity index (χ1) is 5.86. The molecule has 0 heterocycles. The van der Waals surface area contributed by atoms with Crippen molar-refractivity contribution in [3.63, 3.8) is 0 Å². The molecule has 0 fully saturated rings. The van der Waals surface area contributed by atoms with E-state index in [2.05, 4.69) is 34.7 Å². The molecule has 1 nitrogen and oxygen atoms in total. The van der Waals surface area contributed by atoms with Crippen molar-refractivity contribution < 1.29 is 25.9 Å². The van der Waals surface area contributed by atoms with E-state index >= 15 is 0 Å². The van der Waals surface area contributed by atoms with Crippen LogP contribution < -0.4 is 25.9 Å². The van der Waals surface area contributed by atoms with Crippen LogP contribution in [0.3, 0.4) is 0 Å². The molecule has 0 radical (unpaired) electrons. The van der Waals surface area contributed by atoms with Crippen LogP contribution in [0.5, 0.6) is 5.75 Å². The van der Waals surface area contributed by atoms with E-state index in [1.807, 2.05) is 12.1 Å². The molecule has 0 aliphatic heterocycles. The molecule has 0 atom stereocenters. The van der Waals surface area contributed by atoms with Gasteiger partial charge in [-0.1, -0.05) is 0 Å². The van der Waals surface area contributed by atoms with Crippen LogP contribution in [0.15, 0.2) is 24.3 Å². The number of halogens is 2. The normalized spacial score (nSPS) is 11.2. The van der Waals surface area contributed by atoms with E-state index in [1.165, 1.54) is 5.56 Å². The molecule has 11 heavy (non-hydrogen) atoms. The summed E-state index contributed by atoms with van der Waals surface area (Å²) >= 11 is 1.52. The monoisotopic (exact) mass is 377 g/mol. The molecule has 62 valence electrons. The van der Waals surface area contributed by atoms with Crippen molar-refractivity contribution in [1.82, 2.24) is 0 Å². The maximum atomic E-state index is 6.96. The standard InChI is InChI=1S/C8H9I2O/c9-6-5-7-1-3-8(11-10)4-2-7/h1-4,10H,5-6H2/q-1/i10T. The maximum absolute atomic E-state index is 6.96. The predicted octanol–water partition coefficient (Wildman–Crippen LogP) is -0.757. The minimum atomic E-state index is -0.841. The molecule has 0 N–H and O–H groups in total. The molecule has 0 aliphatic carbocycles. The summed E-state index contributed by atoms with van der Waals surface area (Å²) in [5.74, 6) is 0.829. The first-order valence-electron chi connectivity index (χ1n) is 3.68. The van der Waals surface area contributed by atoms with Gasteiger partial charge in [-0.2, -0.15) is 0 Å². The molecule has 3 heteroatoms. The third-order valence-electron chi connectivity index (χ3n) is 1.40. The van der Waals surface area contributed by atoms with Gasteiger partial charge in [0, 0.05) is 0 Å². The van der Waals surface area contributed by atoms with Crippen molar-refractivity contribution in [3.05, 3.63) is 29.8 Å². The van der Waals surface area contributed by atoms with E-state index < -0.39 is 22.8 Å². The molecule has 1 aromatic carbocycles. The molecule has 0 aliphatic rings. The Kier molecular flexibility index (Phi) is 3.81. The van der Waals surface area contributed by atoms with Crippen molar-refractivity contribution in [2.24, 2.45) is 0 Å². The van der Waals surface area contributed by atoms with E-state index in [4.69, 9.17) is 3.66 Å². The first-order valence-corrected chi connectivity index (χ1v) is 5.71. The summed E-state index contributed by atoms with van der Waals surface area (Å²) in [7, 11) is 0. The van der Waals surface area contributed by atoms with Gasteiger partial charge in [0.25, 0.3) is 0 Å². The Morgan fingerprint density at radius 1 is 1.45 bits per heavy atom. The van der Waals surface area contributed by atoms with Crippen LogP contribution in [-0.2, 0) is 6.42 Å². The van der Waals surface area contributed by atoms with Gasteiger partial charge >= 0.3 is 95.5 Å². The van der Waals surface area contributed by atoms with Crippen molar-refractivity contribution in [1.29, 1.82) is 0.594 Å². The summed E-state index contributed by atoms with van der Waals surface area (Å²) in [6.07, 6.45) is 1.11. The second-order valence-electron chi connectivity index (χ2n) is 2.16. The Balaban J connectivity index is 2.58. The van der Waals surface area contributed by atoms with Crippen molar-refractivity contribution in [3.8, 4) is 5.75 Å². The second kappa shape index (κ2) is 5.18. The fourth-order valence-corrected chi connectivity index (χ4v) is 1.73. The summed E-state index contributed by atoms with van der Waals surface area (Å²) in [5.41, 5.74) is 1.33. The quantitative estimate of drug-likeness (QED) is 0.496. The van der Waals surface area contributed by atoms with E-state index in [9.17, 15) is 0 Å². The van der Waals surface area contributed by atoms with Gasteiger partial charge in [-0.25, -0.2) is 0 Å². The molecular formula is C8H9I2O-. The van der Waals surface area contributed by atoms with Crippen LogP contribution in [0, 0.1) is 0 Å². The number of alkyl halides is 1. The van der Waals surface area contributed by atoms with Crippen LogP contribution >= 0.6 is 22.6 Å². The number of aryl methyl sites for hydroxylation is 1. The zero-order valence-electron chi connectivity index (χ0n) is 6.89. The average Bonchev–Trinajstić information content (AvgIpc) is 2.09. The third-order valence-corrected chi connectivity index (χ3v) is 2.44. The molecule has 0 aromatic heterocycles. The molecular weight excluding hydrogens is 366 g/mol. The van der Waals surface area contributed by atoms with Crippen LogP contribution in [0.1, 0.15) is 5.56 Å². The summed E-state index contributed by atoms with van der Waals surface area (Å²) in [6.45, 7) is 0. The Labute approximate surface area is 94.8 Å². The fourth-order valence-electron chi connectivity index (χ4n) is 0.817. The van der Waals surface area contributed by atoms with Crippen molar-refractivity contribution in [2.45, 2.75) is 6.42 Å². The molecule has 0 saturated carbocycles. The van der Waals surface area contributed by atoms with Gasteiger partial charge in [0.15, 0.2) is 0 Å². The van der Waals surface area contributed by atoms with Gasteiger partial charge in [-0.15, -0.1) is 0 Å². The Bertz CT molecular complexity index is 200. The Morgan fingerprint density at radius 2 is 2.18 bits per heavy atom. The van der Waals surface area contributed by atoms with Crippen molar-refractivity contribution in [2.75, 3.05) is 4.43 Å². The molecule has 0 amide bonds. The minimum absolute atomic E-state index is 0.829. The Hall–Kier alpha value is 0.480. The van der Waals surface area contributed by atoms with Gasteiger partial charge in [0.1, 0.15) is 0 Å². The first kappa shape index (κ1) is 8.10. The zero-order valence-corrected chi connectivity index (χ0v) is 10.2. The van der Waals surface area contributed by atoms with Crippen LogP contribution in [0.4, 0.5) is 0 Å². The summed E-state index contributed by atoms with van der Waals surface area (Å²) in [5, 5.41) is 0. The molecule has 1 aromatic rings. The predicted molar refractivity (Wildman–Crippen MR) is 51.1 cm³/mol. The van der Waals surface area contributed by atoms with Gasteiger partial charge in [-0.05, 0) is 0 Å². The van der Waals surface area contributed by atoms with Crippen molar-refractivity contribution >= 4 is 22.6 Å². The van der Waals surface area contributed by atoms with E-state index in [0.29, 0.717) is 0 Å². The van der Waals surface area contributed by atoms with E-state index in [-0.39, 0.29) is 0 Å². The number of rotatable bonds is 4. The summed E-state index contributed by atoms with van der Waals surface area (Å²) < 4.78 is 13.2. The van der Waals surface area contributed by atoms with Crippen LogP contribution in [0.2, 0.25) is 0 Å². The number of hydrogen-bond donors (Lipinski definition) is 0. The molecule has 0 bridgehead atoms. The SMILES string of the molecule is [3H][I-]Oc1ccc(CCI)cc1. The van der Waals surface area contributed by atoms with Gasteiger partial charge in [-0.3, -0.25) is 0 Å². The van der Waals surface area contributed by atoms with Gasteiger partial charge in [0.2, 0.25) is 0 Å². The molecule has 0 unspecified atom stereocenters. The van der Waals surface area contributed by atoms with E-state index in [1.54, 1.807) is 0 Å². The van der Waals surface area contributed by atoms with Gasteiger partial charge < -0.3 is 0 Å². The van der Waals surface area contributed by atoms with Crippen LogP contribution in [-0.4, -0.2) is 5.02 Å². The molecule has 1 rings (SSSR count). The molecule has 0 spiro atoms. The summed E-state index contributed by atoms with van der Waals surface area (Å²) in [6, 6.07) is 8.01. The number of benzene rings is 1. The molecule has 0 saturated heterocycles. The van der Waals surface area contributed by atoms with Crippen LogP contribution in [0.25, 0.3) is 0 Å². The topological polar surface area (TPSA) is 9.23 Å². The fraction of sp³-hybridized carbons (Fsp3) is 0.250. The average molecular weight is 377 g/mol. The van der Waals surface area contributed by atoms with Gasteiger partial charge in [0.05, 0.1) is 0 Å². The second-order valence-corrected chi connectivity index (χ2v) is 3.68. The van der Waals surface area contributed by atoms with E-state index in [0.717, 1.165) is 16.6 Å². The third kappa shape index (κ3) is 3.14. The number of hydrogen-bond acceptors (Lipinski definition) is 1. The zero-order chi connectivity index (χ0) is 8.81. The summed E-state index contributed by atoms with van der Waals surface area (Å²) in [4.78, 5) is 0. The Morgan fingerprint density at radius 3 is 2.73 bits per heavy atom.